The number of rotatable bonds is 4. The molecule has 0 aromatic heterocycles. The minimum atomic E-state index is 1.23. The fourth-order valence-corrected chi connectivity index (χ4v) is 1.08. The molecule has 0 aliphatic carbocycles. The van der Waals surface area contributed by atoms with Crippen LogP contribution >= 0.6 is 45.2 Å². The lowest BCUT2D eigenvalue weighted by Gasteiger charge is -1.81. The van der Waals surface area contributed by atoms with Gasteiger partial charge in [-0.15, -0.1) is 0 Å². The van der Waals surface area contributed by atoms with E-state index in [0.29, 0.717) is 0 Å². The Hall–Kier alpha value is 1.20. The molecule has 0 spiro atoms. The van der Waals surface area contributed by atoms with Crippen molar-refractivity contribution in [2.45, 2.75) is 12.8 Å². The SMILES string of the molecule is ICC/C=C/CCI. The smallest absolute Gasteiger partial charge is 0.00299 e. The van der Waals surface area contributed by atoms with Gasteiger partial charge in [0.25, 0.3) is 0 Å². The van der Waals surface area contributed by atoms with E-state index in [1.54, 1.807) is 0 Å². The topological polar surface area (TPSA) is 0 Å². The number of hydrogen-bond acceptors (Lipinski definition) is 0. The maximum atomic E-state index is 2.39. The first-order chi connectivity index (χ1) is 3.91. The Labute approximate surface area is 78.4 Å². The Morgan fingerprint density at radius 2 is 1.25 bits per heavy atom. The van der Waals surface area contributed by atoms with Crippen molar-refractivity contribution in [3.05, 3.63) is 12.2 Å². The molecule has 0 fully saturated rings. The Kier molecular flexibility index (Phi) is 9.43. The summed E-state index contributed by atoms with van der Waals surface area (Å²) < 4.78 is 2.49. The van der Waals surface area contributed by atoms with Crippen LogP contribution in [0.25, 0.3) is 0 Å². The summed E-state index contributed by atoms with van der Waals surface area (Å²) in [5, 5.41) is 0. The second kappa shape index (κ2) is 8.20. The molecule has 0 aromatic rings. The molecule has 0 saturated heterocycles. The van der Waals surface area contributed by atoms with Gasteiger partial charge in [0.1, 0.15) is 0 Å². The lowest BCUT2D eigenvalue weighted by atomic mass is 10.4. The van der Waals surface area contributed by atoms with E-state index in [0.717, 1.165) is 0 Å². The molecule has 0 nitrogen and oxygen atoms in total. The fraction of sp³-hybridized carbons (Fsp3) is 0.667. The summed E-state index contributed by atoms with van der Waals surface area (Å²) in [5.41, 5.74) is 0. The number of hydrogen-bond donors (Lipinski definition) is 0. The standard InChI is InChI=1S/C6H10I2/c7-5-3-1-2-4-6-8/h1-2H,3-6H2/b2-1+. The monoisotopic (exact) mass is 336 g/mol. The third-order valence-corrected chi connectivity index (χ3v) is 1.96. The molecule has 0 aromatic carbocycles. The van der Waals surface area contributed by atoms with Crippen LogP contribution < -0.4 is 0 Å². The molecule has 0 atom stereocenters. The first kappa shape index (κ1) is 9.20. The van der Waals surface area contributed by atoms with Crippen LogP contribution in [0.2, 0.25) is 0 Å². The Morgan fingerprint density at radius 1 is 0.875 bits per heavy atom. The predicted molar refractivity (Wildman–Crippen MR) is 56.1 cm³/mol. The van der Waals surface area contributed by atoms with E-state index in [1.165, 1.54) is 21.7 Å². The number of alkyl halides is 2. The highest BCUT2D eigenvalue weighted by molar-refractivity contribution is 14.1. The third-order valence-electron chi connectivity index (χ3n) is 0.718. The second-order valence-corrected chi connectivity index (χ2v) is 3.58. The zero-order valence-electron chi connectivity index (χ0n) is 4.74. The molecule has 0 aliphatic heterocycles. The van der Waals surface area contributed by atoms with Gasteiger partial charge in [0.05, 0.1) is 0 Å². The van der Waals surface area contributed by atoms with Crippen molar-refractivity contribution in [3.63, 3.8) is 0 Å². The van der Waals surface area contributed by atoms with Crippen molar-refractivity contribution < 1.29 is 0 Å². The van der Waals surface area contributed by atoms with Crippen molar-refractivity contribution >= 4 is 45.2 Å². The molecule has 0 rings (SSSR count). The first-order valence-electron chi connectivity index (χ1n) is 2.68. The van der Waals surface area contributed by atoms with Gasteiger partial charge in [-0.3, -0.25) is 0 Å². The molecule has 0 amide bonds. The Morgan fingerprint density at radius 3 is 1.50 bits per heavy atom. The average Bonchev–Trinajstić information content (AvgIpc) is 1.81. The molecule has 0 aliphatic rings. The van der Waals surface area contributed by atoms with Crippen LogP contribution in [0.3, 0.4) is 0 Å². The molecular weight excluding hydrogens is 326 g/mol. The predicted octanol–water partition coefficient (Wildman–Crippen LogP) is 3.19. The molecule has 0 bridgehead atoms. The van der Waals surface area contributed by atoms with Crippen molar-refractivity contribution in [1.82, 2.24) is 0 Å². The largest absolute Gasteiger partial charge is 0.0878 e. The maximum absolute atomic E-state index is 2.39. The van der Waals surface area contributed by atoms with E-state index < -0.39 is 0 Å². The van der Waals surface area contributed by atoms with Gasteiger partial charge in [0.2, 0.25) is 0 Å². The van der Waals surface area contributed by atoms with Gasteiger partial charge in [-0.2, -0.15) is 0 Å². The van der Waals surface area contributed by atoms with Crippen LogP contribution in [-0.2, 0) is 0 Å². The summed E-state index contributed by atoms with van der Waals surface area (Å²) in [6, 6.07) is 0. The van der Waals surface area contributed by atoms with Gasteiger partial charge in [-0.25, -0.2) is 0 Å². The summed E-state index contributed by atoms with van der Waals surface area (Å²) in [4.78, 5) is 0. The average molecular weight is 336 g/mol. The molecular formula is C6H10I2. The quantitative estimate of drug-likeness (QED) is 0.420. The Balaban J connectivity index is 2.83. The molecule has 0 radical (unpaired) electrons. The van der Waals surface area contributed by atoms with Gasteiger partial charge < -0.3 is 0 Å². The summed E-state index contributed by atoms with van der Waals surface area (Å²) in [6.45, 7) is 0. The highest BCUT2D eigenvalue weighted by atomic mass is 127. The van der Waals surface area contributed by atoms with Gasteiger partial charge in [-0.1, -0.05) is 57.3 Å². The Bertz CT molecular complexity index is 51.5. The van der Waals surface area contributed by atoms with Gasteiger partial charge in [-0.05, 0) is 12.8 Å². The lowest BCUT2D eigenvalue weighted by molar-refractivity contribution is 1.20. The lowest BCUT2D eigenvalue weighted by Crippen LogP contribution is -1.67. The molecule has 0 heterocycles. The van der Waals surface area contributed by atoms with Crippen LogP contribution in [0.5, 0.6) is 0 Å². The molecule has 0 unspecified atom stereocenters. The maximum Gasteiger partial charge on any atom is 0.00299 e. The van der Waals surface area contributed by atoms with Gasteiger partial charge in [0.15, 0.2) is 0 Å². The minimum absolute atomic E-state index is 1.23. The summed E-state index contributed by atoms with van der Waals surface area (Å²) in [5.74, 6) is 0. The van der Waals surface area contributed by atoms with Gasteiger partial charge >= 0.3 is 0 Å². The highest BCUT2D eigenvalue weighted by Gasteiger charge is 1.73. The van der Waals surface area contributed by atoms with Crippen molar-refractivity contribution in [3.8, 4) is 0 Å². The van der Waals surface area contributed by atoms with Crippen molar-refractivity contribution in [1.29, 1.82) is 0 Å². The second-order valence-electron chi connectivity index (χ2n) is 1.43. The molecule has 0 saturated carbocycles. The number of allylic oxidation sites excluding steroid dienone is 2. The first-order valence-corrected chi connectivity index (χ1v) is 5.74. The molecule has 8 heavy (non-hydrogen) atoms. The summed E-state index contributed by atoms with van der Waals surface area (Å²) in [6.07, 6.45) is 6.98. The third kappa shape index (κ3) is 7.20. The van der Waals surface area contributed by atoms with Gasteiger partial charge in [0, 0.05) is 8.86 Å². The molecule has 0 N–H and O–H groups in total. The molecule has 2 heteroatoms. The molecule has 48 valence electrons. The van der Waals surface area contributed by atoms with Crippen LogP contribution in [-0.4, -0.2) is 8.86 Å². The zero-order chi connectivity index (χ0) is 6.24. The van der Waals surface area contributed by atoms with Crippen molar-refractivity contribution in [2.24, 2.45) is 0 Å². The highest BCUT2D eigenvalue weighted by Crippen LogP contribution is 1.94. The summed E-state index contributed by atoms with van der Waals surface area (Å²) in [7, 11) is 0. The fourth-order valence-electron chi connectivity index (χ4n) is 0.362. The van der Waals surface area contributed by atoms with Crippen LogP contribution in [0.1, 0.15) is 12.8 Å². The van der Waals surface area contributed by atoms with Crippen molar-refractivity contribution in [2.75, 3.05) is 8.86 Å². The van der Waals surface area contributed by atoms with E-state index in [9.17, 15) is 0 Å². The van der Waals surface area contributed by atoms with E-state index in [-0.39, 0.29) is 0 Å². The van der Waals surface area contributed by atoms with Crippen LogP contribution in [0.15, 0.2) is 12.2 Å². The van der Waals surface area contributed by atoms with E-state index in [2.05, 4.69) is 57.3 Å². The summed E-state index contributed by atoms with van der Waals surface area (Å²) >= 11 is 4.77. The van der Waals surface area contributed by atoms with E-state index in [4.69, 9.17) is 0 Å². The van der Waals surface area contributed by atoms with Crippen LogP contribution in [0.4, 0.5) is 0 Å². The normalized spacial score (nSPS) is 10.8. The minimum Gasteiger partial charge on any atom is -0.0878 e. The zero-order valence-corrected chi connectivity index (χ0v) is 9.05. The number of halogens is 2. The van der Waals surface area contributed by atoms with E-state index in [1.807, 2.05) is 0 Å². The van der Waals surface area contributed by atoms with E-state index >= 15 is 0 Å². The van der Waals surface area contributed by atoms with Crippen LogP contribution in [0, 0.1) is 0 Å².